The first-order valence-corrected chi connectivity index (χ1v) is 7.50. The molecule has 0 aromatic heterocycles. The molecule has 0 unspecified atom stereocenters. The van der Waals surface area contributed by atoms with E-state index in [1.54, 1.807) is 30.2 Å². The fraction of sp³-hybridized carbons (Fsp3) is 0.562. The van der Waals surface area contributed by atoms with Gasteiger partial charge in [0.15, 0.2) is 0 Å². The zero-order valence-electron chi connectivity index (χ0n) is 12.8. The lowest BCUT2D eigenvalue weighted by molar-refractivity contribution is 0.00911. The molecule has 1 fully saturated rings. The molecule has 1 aliphatic rings. The number of hydrogen-bond donors (Lipinski definition) is 0. The summed E-state index contributed by atoms with van der Waals surface area (Å²) in [4.78, 5) is 14.4. The van der Waals surface area contributed by atoms with E-state index in [9.17, 15) is 4.79 Å². The molecule has 116 valence electrons. The molecule has 21 heavy (non-hydrogen) atoms. The highest BCUT2D eigenvalue weighted by molar-refractivity contribution is 6.31. The Morgan fingerprint density at radius 3 is 2.71 bits per heavy atom. The fourth-order valence-electron chi connectivity index (χ4n) is 2.72. The number of carbonyl (C=O) groups is 1. The van der Waals surface area contributed by atoms with Crippen LogP contribution in [0.5, 0.6) is 5.75 Å². The summed E-state index contributed by atoms with van der Waals surface area (Å²) in [5.41, 5.74) is 0.609. The van der Waals surface area contributed by atoms with Gasteiger partial charge >= 0.3 is 0 Å². The standard InChI is InChI=1S/C16H22ClNO3/c1-16(6-8-21-9-7-16)11-18(2)15(19)13-10-12(17)4-5-14(13)20-3/h4-5,10H,6-9,11H2,1-3H3. The second kappa shape index (κ2) is 6.67. The van der Waals surface area contributed by atoms with Gasteiger partial charge in [-0.2, -0.15) is 0 Å². The van der Waals surface area contributed by atoms with E-state index in [1.807, 2.05) is 7.05 Å². The molecule has 1 aromatic carbocycles. The zero-order chi connectivity index (χ0) is 15.5. The Morgan fingerprint density at radius 1 is 1.43 bits per heavy atom. The quantitative estimate of drug-likeness (QED) is 0.857. The van der Waals surface area contributed by atoms with Crippen molar-refractivity contribution in [1.29, 1.82) is 0 Å². The molecular formula is C16H22ClNO3. The van der Waals surface area contributed by atoms with Gasteiger partial charge in [0.2, 0.25) is 0 Å². The summed E-state index contributed by atoms with van der Waals surface area (Å²) < 4.78 is 10.7. The van der Waals surface area contributed by atoms with Gasteiger partial charge in [-0.25, -0.2) is 0 Å². The highest BCUT2D eigenvalue weighted by Gasteiger charge is 2.31. The summed E-state index contributed by atoms with van der Waals surface area (Å²) in [6.07, 6.45) is 1.94. The molecule has 1 saturated heterocycles. The van der Waals surface area contributed by atoms with Crippen LogP contribution >= 0.6 is 11.6 Å². The van der Waals surface area contributed by atoms with Crippen LogP contribution in [0.4, 0.5) is 0 Å². The summed E-state index contributed by atoms with van der Waals surface area (Å²) in [5, 5.41) is 0.532. The highest BCUT2D eigenvalue weighted by atomic mass is 35.5. The Morgan fingerprint density at radius 2 is 2.10 bits per heavy atom. The minimum atomic E-state index is -0.0675. The van der Waals surface area contributed by atoms with E-state index in [0.29, 0.717) is 22.9 Å². The van der Waals surface area contributed by atoms with Crippen molar-refractivity contribution in [3.63, 3.8) is 0 Å². The predicted molar refractivity (Wildman–Crippen MR) is 83.1 cm³/mol. The topological polar surface area (TPSA) is 38.8 Å². The first-order valence-electron chi connectivity index (χ1n) is 7.12. The van der Waals surface area contributed by atoms with Crippen LogP contribution in [0.2, 0.25) is 5.02 Å². The molecule has 0 bridgehead atoms. The largest absolute Gasteiger partial charge is 0.496 e. The van der Waals surface area contributed by atoms with Crippen LogP contribution in [-0.2, 0) is 4.74 Å². The van der Waals surface area contributed by atoms with Crippen LogP contribution in [0.15, 0.2) is 18.2 Å². The second-order valence-corrected chi connectivity index (χ2v) is 6.37. The minimum absolute atomic E-state index is 0.0675. The average molecular weight is 312 g/mol. The zero-order valence-corrected chi connectivity index (χ0v) is 13.6. The number of carbonyl (C=O) groups excluding carboxylic acids is 1. The lowest BCUT2D eigenvalue weighted by Gasteiger charge is -2.37. The normalized spacial score (nSPS) is 17.3. The van der Waals surface area contributed by atoms with E-state index in [0.717, 1.165) is 26.1 Å². The van der Waals surface area contributed by atoms with Crippen LogP contribution in [0, 0.1) is 5.41 Å². The van der Waals surface area contributed by atoms with E-state index >= 15 is 0 Å². The maximum absolute atomic E-state index is 12.6. The summed E-state index contributed by atoms with van der Waals surface area (Å²) >= 11 is 6.00. The van der Waals surface area contributed by atoms with Gasteiger partial charge in [0, 0.05) is 31.8 Å². The van der Waals surface area contributed by atoms with E-state index in [1.165, 1.54) is 0 Å². The number of methoxy groups -OCH3 is 1. The number of ether oxygens (including phenoxy) is 2. The fourth-order valence-corrected chi connectivity index (χ4v) is 2.89. The minimum Gasteiger partial charge on any atom is -0.496 e. The molecule has 0 spiro atoms. The molecule has 5 heteroatoms. The molecule has 0 atom stereocenters. The van der Waals surface area contributed by atoms with Crippen molar-refractivity contribution in [3.05, 3.63) is 28.8 Å². The number of nitrogens with zero attached hydrogens (tertiary/aromatic N) is 1. The van der Waals surface area contributed by atoms with Crippen molar-refractivity contribution < 1.29 is 14.3 Å². The van der Waals surface area contributed by atoms with Gasteiger partial charge < -0.3 is 14.4 Å². The molecule has 1 amide bonds. The lowest BCUT2D eigenvalue weighted by atomic mass is 9.82. The first-order chi connectivity index (χ1) is 9.95. The smallest absolute Gasteiger partial charge is 0.257 e. The molecule has 2 rings (SSSR count). The van der Waals surface area contributed by atoms with Gasteiger partial charge in [-0.05, 0) is 36.5 Å². The molecule has 4 nitrogen and oxygen atoms in total. The molecule has 0 N–H and O–H groups in total. The van der Waals surface area contributed by atoms with Crippen LogP contribution < -0.4 is 4.74 Å². The van der Waals surface area contributed by atoms with Gasteiger partial charge in [0.05, 0.1) is 12.7 Å². The van der Waals surface area contributed by atoms with Gasteiger partial charge in [0.1, 0.15) is 5.75 Å². The predicted octanol–water partition coefficient (Wildman–Crippen LogP) is 3.24. The molecule has 1 heterocycles. The number of amides is 1. The molecule has 0 radical (unpaired) electrons. The van der Waals surface area contributed by atoms with Crippen molar-refractivity contribution in [2.24, 2.45) is 5.41 Å². The average Bonchev–Trinajstić information content (AvgIpc) is 2.46. The van der Waals surface area contributed by atoms with Crippen molar-refractivity contribution >= 4 is 17.5 Å². The van der Waals surface area contributed by atoms with Gasteiger partial charge in [-0.3, -0.25) is 4.79 Å². The Hall–Kier alpha value is -1.26. The summed E-state index contributed by atoms with van der Waals surface area (Å²) in [7, 11) is 3.38. The maximum Gasteiger partial charge on any atom is 0.257 e. The van der Waals surface area contributed by atoms with Crippen molar-refractivity contribution in [2.75, 3.05) is 33.9 Å². The van der Waals surface area contributed by atoms with Gasteiger partial charge in [0.25, 0.3) is 5.91 Å². The highest BCUT2D eigenvalue weighted by Crippen LogP contribution is 2.31. The first kappa shape index (κ1) is 16.1. The molecule has 1 aromatic rings. The van der Waals surface area contributed by atoms with E-state index < -0.39 is 0 Å². The Balaban J connectivity index is 2.13. The Kier molecular flexibility index (Phi) is 5.12. The van der Waals surface area contributed by atoms with E-state index in [4.69, 9.17) is 21.1 Å². The molecular weight excluding hydrogens is 290 g/mol. The molecule has 0 aliphatic carbocycles. The summed E-state index contributed by atoms with van der Waals surface area (Å²) in [5.74, 6) is 0.482. The van der Waals surface area contributed by atoms with Gasteiger partial charge in [-0.1, -0.05) is 18.5 Å². The monoisotopic (exact) mass is 311 g/mol. The Labute approximate surface area is 131 Å². The molecule has 1 aliphatic heterocycles. The summed E-state index contributed by atoms with van der Waals surface area (Å²) in [6.45, 7) is 4.43. The third kappa shape index (κ3) is 3.89. The SMILES string of the molecule is COc1ccc(Cl)cc1C(=O)N(C)CC1(C)CCOCC1. The van der Waals surface area contributed by atoms with Crippen molar-refractivity contribution in [2.45, 2.75) is 19.8 Å². The lowest BCUT2D eigenvalue weighted by Crippen LogP contribution is -2.40. The van der Waals surface area contributed by atoms with Crippen LogP contribution in [0.1, 0.15) is 30.1 Å². The Bertz CT molecular complexity index is 512. The van der Waals surface area contributed by atoms with Crippen molar-refractivity contribution in [1.82, 2.24) is 4.90 Å². The van der Waals surface area contributed by atoms with Crippen LogP contribution in [0.25, 0.3) is 0 Å². The maximum atomic E-state index is 12.6. The summed E-state index contributed by atoms with van der Waals surface area (Å²) in [6, 6.07) is 5.10. The van der Waals surface area contributed by atoms with E-state index in [-0.39, 0.29) is 11.3 Å². The van der Waals surface area contributed by atoms with Crippen LogP contribution in [0.3, 0.4) is 0 Å². The number of hydrogen-bond acceptors (Lipinski definition) is 3. The number of benzene rings is 1. The third-order valence-corrected chi connectivity index (χ3v) is 4.29. The molecule has 0 saturated carbocycles. The van der Waals surface area contributed by atoms with Crippen LogP contribution in [-0.4, -0.2) is 44.7 Å². The third-order valence-electron chi connectivity index (χ3n) is 4.06. The number of rotatable bonds is 4. The van der Waals surface area contributed by atoms with E-state index in [2.05, 4.69) is 6.92 Å². The van der Waals surface area contributed by atoms with Crippen molar-refractivity contribution in [3.8, 4) is 5.75 Å². The van der Waals surface area contributed by atoms with Gasteiger partial charge in [-0.15, -0.1) is 0 Å². The number of halogens is 1. The second-order valence-electron chi connectivity index (χ2n) is 5.93.